The van der Waals surface area contributed by atoms with Gasteiger partial charge in [-0.15, -0.1) is 0 Å². The van der Waals surface area contributed by atoms with Gasteiger partial charge >= 0.3 is 0 Å². The van der Waals surface area contributed by atoms with Gasteiger partial charge in [-0.25, -0.2) is 18.2 Å². The van der Waals surface area contributed by atoms with Crippen molar-refractivity contribution < 1.29 is 22.4 Å². The lowest BCUT2D eigenvalue weighted by molar-refractivity contribution is -0.0925. The Morgan fingerprint density at radius 1 is 1.22 bits per heavy atom. The number of aryl methyl sites for hydroxylation is 1. The van der Waals surface area contributed by atoms with Crippen molar-refractivity contribution in [2.45, 2.75) is 38.2 Å². The number of nitrogens with zero attached hydrogens (tertiary/aromatic N) is 4. The zero-order valence-corrected chi connectivity index (χ0v) is 17.4. The minimum atomic E-state index is -2.64. The Bertz CT molecular complexity index is 1260. The topological polar surface area (TPSA) is 65.5 Å². The minimum Gasteiger partial charge on any atom is -0.374 e. The van der Waals surface area contributed by atoms with E-state index < -0.39 is 18.5 Å². The van der Waals surface area contributed by atoms with Gasteiger partial charge in [0.1, 0.15) is 12.3 Å². The standard InChI is InChI=1S/C23H21F3N4O2/c1-14-2-4-16(21-28-22(32-29-21)17-9-23(25,26)10-17)8-18(14)19-11-27-20-5-3-15(12-30(19)20)13-31-7-6-24/h2-5,8,11-12,17H,6-7,9-10,13H2,1H3. The fourth-order valence-corrected chi connectivity index (χ4v) is 3.94. The first-order valence-corrected chi connectivity index (χ1v) is 10.4. The van der Waals surface area contributed by atoms with E-state index in [9.17, 15) is 13.2 Å². The van der Waals surface area contributed by atoms with Gasteiger partial charge in [-0.1, -0.05) is 23.4 Å². The van der Waals surface area contributed by atoms with E-state index in [1.165, 1.54) is 0 Å². The monoisotopic (exact) mass is 442 g/mol. The molecule has 3 aromatic heterocycles. The number of aromatic nitrogens is 4. The summed E-state index contributed by atoms with van der Waals surface area (Å²) < 4.78 is 51.2. The molecule has 1 aromatic carbocycles. The lowest BCUT2D eigenvalue weighted by Gasteiger charge is -2.31. The molecule has 0 N–H and O–H groups in total. The van der Waals surface area contributed by atoms with Gasteiger partial charge in [-0.3, -0.25) is 4.40 Å². The largest absolute Gasteiger partial charge is 0.374 e. The van der Waals surface area contributed by atoms with Crippen LogP contribution in [0.1, 0.15) is 35.8 Å². The van der Waals surface area contributed by atoms with Gasteiger partial charge in [-0.2, -0.15) is 4.98 Å². The molecule has 1 aliphatic rings. The van der Waals surface area contributed by atoms with Crippen LogP contribution >= 0.6 is 0 Å². The van der Waals surface area contributed by atoms with E-state index in [2.05, 4.69) is 15.1 Å². The summed E-state index contributed by atoms with van der Waals surface area (Å²) in [4.78, 5) is 8.83. The molecule has 32 heavy (non-hydrogen) atoms. The molecule has 6 nitrogen and oxygen atoms in total. The third-order valence-electron chi connectivity index (χ3n) is 5.71. The van der Waals surface area contributed by atoms with Gasteiger partial charge in [0.05, 0.1) is 25.1 Å². The summed E-state index contributed by atoms with van der Waals surface area (Å²) in [5.74, 6) is -2.42. The molecule has 1 fully saturated rings. The molecule has 9 heteroatoms. The van der Waals surface area contributed by atoms with E-state index in [1.54, 1.807) is 6.20 Å². The zero-order valence-electron chi connectivity index (χ0n) is 17.4. The molecule has 0 saturated heterocycles. The van der Waals surface area contributed by atoms with Crippen LogP contribution in [-0.4, -0.2) is 38.7 Å². The van der Waals surface area contributed by atoms with Crippen LogP contribution < -0.4 is 0 Å². The highest BCUT2D eigenvalue weighted by Crippen LogP contribution is 2.48. The fourth-order valence-electron chi connectivity index (χ4n) is 3.94. The molecule has 0 amide bonds. The van der Waals surface area contributed by atoms with Crippen molar-refractivity contribution >= 4 is 5.65 Å². The van der Waals surface area contributed by atoms with Gasteiger partial charge in [-0.05, 0) is 30.2 Å². The number of halogens is 3. The number of hydrogen-bond donors (Lipinski definition) is 0. The van der Waals surface area contributed by atoms with E-state index in [0.717, 1.165) is 33.6 Å². The van der Waals surface area contributed by atoms with E-state index >= 15 is 0 Å². The van der Waals surface area contributed by atoms with E-state index in [-0.39, 0.29) is 25.3 Å². The molecule has 0 unspecified atom stereocenters. The van der Waals surface area contributed by atoms with Crippen LogP contribution in [0.15, 0.2) is 47.2 Å². The second kappa shape index (κ2) is 8.05. The Kier molecular flexibility index (Phi) is 5.21. The average molecular weight is 442 g/mol. The van der Waals surface area contributed by atoms with Crippen LogP contribution in [0.25, 0.3) is 28.3 Å². The Labute approximate surface area is 182 Å². The summed E-state index contributed by atoms with van der Waals surface area (Å²) in [6, 6.07) is 9.55. The summed E-state index contributed by atoms with van der Waals surface area (Å²) in [5.41, 5.74) is 5.22. The van der Waals surface area contributed by atoms with Gasteiger partial charge in [0.2, 0.25) is 17.6 Å². The Hall–Kier alpha value is -3.20. The Balaban J connectivity index is 1.46. The van der Waals surface area contributed by atoms with Gasteiger partial charge in [0, 0.05) is 36.1 Å². The molecular weight excluding hydrogens is 421 g/mol. The van der Waals surface area contributed by atoms with Crippen molar-refractivity contribution in [3.05, 3.63) is 59.7 Å². The lowest BCUT2D eigenvalue weighted by Crippen LogP contribution is -2.33. The van der Waals surface area contributed by atoms with Crippen LogP contribution in [0.2, 0.25) is 0 Å². The van der Waals surface area contributed by atoms with Crippen molar-refractivity contribution in [3.8, 4) is 22.6 Å². The van der Waals surface area contributed by atoms with Gasteiger partial charge in [0.25, 0.3) is 0 Å². The van der Waals surface area contributed by atoms with Crippen molar-refractivity contribution in [2.24, 2.45) is 0 Å². The van der Waals surface area contributed by atoms with Crippen LogP contribution in [0.5, 0.6) is 0 Å². The highest BCUT2D eigenvalue weighted by atomic mass is 19.3. The van der Waals surface area contributed by atoms with Gasteiger partial charge in [0.15, 0.2) is 0 Å². The van der Waals surface area contributed by atoms with Crippen molar-refractivity contribution in [2.75, 3.05) is 13.3 Å². The first-order valence-electron chi connectivity index (χ1n) is 10.4. The number of imidazole rings is 1. The summed E-state index contributed by atoms with van der Waals surface area (Å²) >= 11 is 0. The summed E-state index contributed by atoms with van der Waals surface area (Å²) in [6.07, 6.45) is 3.19. The maximum absolute atomic E-state index is 13.2. The molecule has 166 valence electrons. The highest BCUT2D eigenvalue weighted by Gasteiger charge is 2.48. The van der Waals surface area contributed by atoms with Crippen LogP contribution in [-0.2, 0) is 11.3 Å². The summed E-state index contributed by atoms with van der Waals surface area (Å²) in [5, 5.41) is 4.01. The number of pyridine rings is 1. The minimum absolute atomic E-state index is 0.0567. The number of hydrogen-bond acceptors (Lipinski definition) is 5. The summed E-state index contributed by atoms with van der Waals surface area (Å²) in [6.45, 7) is 1.83. The molecule has 0 spiro atoms. The van der Waals surface area contributed by atoms with E-state index in [0.29, 0.717) is 12.4 Å². The molecule has 4 aromatic rings. The molecule has 1 aliphatic carbocycles. The number of fused-ring (bicyclic) bond motifs is 1. The van der Waals surface area contributed by atoms with Gasteiger partial charge < -0.3 is 9.26 Å². The van der Waals surface area contributed by atoms with Crippen LogP contribution in [0, 0.1) is 6.92 Å². The predicted molar refractivity (Wildman–Crippen MR) is 111 cm³/mol. The average Bonchev–Trinajstić information content (AvgIpc) is 3.40. The number of rotatable bonds is 7. The molecule has 5 rings (SSSR count). The van der Waals surface area contributed by atoms with E-state index in [4.69, 9.17) is 9.26 Å². The SMILES string of the molecule is Cc1ccc(-c2noc(C3CC(F)(F)C3)n2)cc1-c1cnc2ccc(COCCF)cn12. The van der Waals surface area contributed by atoms with Crippen LogP contribution in [0.3, 0.4) is 0 Å². The Morgan fingerprint density at radius 2 is 2.06 bits per heavy atom. The number of benzene rings is 1. The first kappa shape index (κ1) is 20.7. The molecule has 1 saturated carbocycles. The fraction of sp³-hybridized carbons (Fsp3) is 0.348. The molecule has 0 aliphatic heterocycles. The maximum Gasteiger partial charge on any atom is 0.249 e. The summed E-state index contributed by atoms with van der Waals surface area (Å²) in [7, 11) is 0. The number of alkyl halides is 3. The van der Waals surface area contributed by atoms with E-state index in [1.807, 2.05) is 47.9 Å². The molecule has 0 radical (unpaired) electrons. The smallest absolute Gasteiger partial charge is 0.249 e. The lowest BCUT2D eigenvalue weighted by atomic mass is 9.81. The van der Waals surface area contributed by atoms with Crippen molar-refractivity contribution in [1.82, 2.24) is 19.5 Å². The number of ether oxygens (including phenoxy) is 1. The maximum atomic E-state index is 13.2. The predicted octanol–water partition coefficient (Wildman–Crippen LogP) is 5.36. The third kappa shape index (κ3) is 3.88. The molecule has 0 bridgehead atoms. The Morgan fingerprint density at radius 3 is 2.84 bits per heavy atom. The normalized spacial score (nSPS) is 15.9. The quantitative estimate of drug-likeness (QED) is 0.361. The van der Waals surface area contributed by atoms with Crippen molar-refractivity contribution in [1.29, 1.82) is 0 Å². The second-order valence-corrected chi connectivity index (χ2v) is 8.10. The molecular formula is C23H21F3N4O2. The molecule has 0 atom stereocenters. The second-order valence-electron chi connectivity index (χ2n) is 8.10. The molecule has 3 heterocycles. The van der Waals surface area contributed by atoms with Crippen LogP contribution in [0.4, 0.5) is 13.2 Å². The zero-order chi connectivity index (χ0) is 22.3. The van der Waals surface area contributed by atoms with Crippen molar-refractivity contribution in [3.63, 3.8) is 0 Å². The first-order chi connectivity index (χ1) is 15.4. The highest BCUT2D eigenvalue weighted by molar-refractivity contribution is 5.72. The third-order valence-corrected chi connectivity index (χ3v) is 5.71.